The first-order valence-electron chi connectivity index (χ1n) is 8.56. The van der Waals surface area contributed by atoms with Crippen molar-refractivity contribution in [3.8, 4) is 5.75 Å². The van der Waals surface area contributed by atoms with E-state index in [0.717, 1.165) is 24.4 Å². The van der Waals surface area contributed by atoms with Crippen LogP contribution < -0.4 is 4.74 Å². The molecular formula is C21H20N4O. The maximum atomic E-state index is 6.06. The van der Waals surface area contributed by atoms with Gasteiger partial charge in [0.05, 0.1) is 12.7 Å². The molecule has 0 N–H and O–H groups in total. The van der Waals surface area contributed by atoms with Crippen LogP contribution in [0.2, 0.25) is 0 Å². The van der Waals surface area contributed by atoms with E-state index in [2.05, 4.69) is 49.4 Å². The van der Waals surface area contributed by atoms with E-state index in [1.165, 1.54) is 11.1 Å². The van der Waals surface area contributed by atoms with Crippen molar-refractivity contribution in [1.29, 1.82) is 0 Å². The summed E-state index contributed by atoms with van der Waals surface area (Å²) in [6.07, 6.45) is 11.2. The Bertz CT molecular complexity index is 877. The predicted octanol–water partition coefficient (Wildman–Crippen LogP) is 3.76. The molecular weight excluding hydrogens is 324 g/mol. The highest BCUT2D eigenvalue weighted by molar-refractivity contribution is 5.35. The van der Waals surface area contributed by atoms with Gasteiger partial charge >= 0.3 is 0 Å². The monoisotopic (exact) mass is 344 g/mol. The van der Waals surface area contributed by atoms with E-state index in [4.69, 9.17) is 4.74 Å². The highest BCUT2D eigenvalue weighted by Gasteiger charge is 2.05. The van der Waals surface area contributed by atoms with Gasteiger partial charge in [0, 0.05) is 37.9 Å². The molecule has 4 rings (SSSR count). The highest BCUT2D eigenvalue weighted by atomic mass is 16.5. The zero-order valence-electron chi connectivity index (χ0n) is 14.4. The topological polar surface area (TPSA) is 44.9 Å². The molecule has 5 nitrogen and oxygen atoms in total. The largest absolute Gasteiger partial charge is 0.489 e. The SMILES string of the molecule is c1ccc(COc2cc(Cn3ccnc3)cc(Cn3ccnc3)c2)cc1. The fraction of sp³-hybridized carbons (Fsp3) is 0.143. The first-order valence-corrected chi connectivity index (χ1v) is 8.56. The van der Waals surface area contributed by atoms with Crippen LogP contribution in [0.4, 0.5) is 0 Å². The number of rotatable bonds is 7. The van der Waals surface area contributed by atoms with Crippen LogP contribution in [0.25, 0.3) is 0 Å². The molecule has 0 aliphatic heterocycles. The molecule has 0 aliphatic carbocycles. The Kier molecular flexibility index (Phi) is 4.78. The lowest BCUT2D eigenvalue weighted by Crippen LogP contribution is -2.03. The van der Waals surface area contributed by atoms with Gasteiger partial charge < -0.3 is 13.9 Å². The van der Waals surface area contributed by atoms with Crippen LogP contribution in [0.15, 0.2) is 86.0 Å². The summed E-state index contributed by atoms with van der Waals surface area (Å²) < 4.78 is 10.2. The maximum absolute atomic E-state index is 6.06. The third-order valence-corrected chi connectivity index (χ3v) is 4.12. The molecule has 0 aliphatic rings. The smallest absolute Gasteiger partial charge is 0.120 e. The Hall–Kier alpha value is -3.34. The lowest BCUT2D eigenvalue weighted by molar-refractivity contribution is 0.305. The van der Waals surface area contributed by atoms with Gasteiger partial charge in [-0.25, -0.2) is 9.97 Å². The number of aromatic nitrogens is 4. The average molecular weight is 344 g/mol. The van der Waals surface area contributed by atoms with Gasteiger partial charge in [-0.1, -0.05) is 36.4 Å². The molecule has 0 saturated carbocycles. The Morgan fingerprint density at radius 3 is 1.88 bits per heavy atom. The van der Waals surface area contributed by atoms with E-state index in [1.807, 2.05) is 43.2 Å². The van der Waals surface area contributed by atoms with Gasteiger partial charge in [-0.3, -0.25) is 0 Å². The summed E-state index contributed by atoms with van der Waals surface area (Å²) >= 11 is 0. The molecule has 0 amide bonds. The second-order valence-electron chi connectivity index (χ2n) is 6.23. The molecule has 2 aromatic carbocycles. The van der Waals surface area contributed by atoms with Crippen molar-refractivity contribution in [1.82, 2.24) is 19.1 Å². The minimum Gasteiger partial charge on any atom is -0.489 e. The van der Waals surface area contributed by atoms with Crippen LogP contribution in [0.1, 0.15) is 16.7 Å². The molecule has 26 heavy (non-hydrogen) atoms. The molecule has 0 spiro atoms. The van der Waals surface area contributed by atoms with Gasteiger partial charge in [-0.15, -0.1) is 0 Å². The molecule has 0 unspecified atom stereocenters. The summed E-state index contributed by atoms with van der Waals surface area (Å²) in [5.41, 5.74) is 3.52. The minimum atomic E-state index is 0.555. The van der Waals surface area contributed by atoms with Gasteiger partial charge in [-0.05, 0) is 28.8 Å². The molecule has 2 heterocycles. The molecule has 4 aromatic rings. The fourth-order valence-corrected chi connectivity index (χ4v) is 2.92. The zero-order valence-corrected chi connectivity index (χ0v) is 14.4. The van der Waals surface area contributed by atoms with Crippen molar-refractivity contribution in [2.45, 2.75) is 19.7 Å². The molecule has 130 valence electrons. The Balaban J connectivity index is 1.56. The second kappa shape index (κ2) is 7.70. The molecule has 0 fully saturated rings. The fourth-order valence-electron chi connectivity index (χ4n) is 2.92. The Morgan fingerprint density at radius 1 is 0.731 bits per heavy atom. The minimum absolute atomic E-state index is 0.555. The number of benzene rings is 2. The summed E-state index contributed by atoms with van der Waals surface area (Å²) in [5.74, 6) is 0.876. The van der Waals surface area contributed by atoms with Crippen LogP contribution in [-0.4, -0.2) is 19.1 Å². The molecule has 2 aromatic heterocycles. The standard InChI is InChI=1S/C21H20N4O/c1-2-4-18(5-3-1)15-26-21-11-19(13-24-8-6-22-16-24)10-20(12-21)14-25-9-7-23-17-25/h1-12,16-17H,13-15H2. The van der Waals surface area contributed by atoms with E-state index in [0.29, 0.717) is 6.61 Å². The van der Waals surface area contributed by atoms with E-state index < -0.39 is 0 Å². The maximum Gasteiger partial charge on any atom is 0.120 e. The molecule has 0 saturated heterocycles. The summed E-state index contributed by atoms with van der Waals surface area (Å²) in [4.78, 5) is 8.24. The van der Waals surface area contributed by atoms with Gasteiger partial charge in [0.25, 0.3) is 0 Å². The number of hydrogen-bond donors (Lipinski definition) is 0. The number of nitrogens with zero attached hydrogens (tertiary/aromatic N) is 4. The highest BCUT2D eigenvalue weighted by Crippen LogP contribution is 2.20. The van der Waals surface area contributed by atoms with Crippen LogP contribution in [0, 0.1) is 0 Å². The van der Waals surface area contributed by atoms with Crippen molar-refractivity contribution in [2.24, 2.45) is 0 Å². The molecule has 0 bridgehead atoms. The summed E-state index contributed by atoms with van der Waals surface area (Å²) in [5, 5.41) is 0. The van der Waals surface area contributed by atoms with E-state index in [-0.39, 0.29) is 0 Å². The molecule has 0 radical (unpaired) electrons. The van der Waals surface area contributed by atoms with Crippen molar-refractivity contribution < 1.29 is 4.74 Å². The van der Waals surface area contributed by atoms with E-state index in [1.54, 1.807) is 12.4 Å². The Labute approximate surface area is 152 Å². The second-order valence-corrected chi connectivity index (χ2v) is 6.23. The third kappa shape index (κ3) is 4.19. The van der Waals surface area contributed by atoms with Crippen molar-refractivity contribution in [2.75, 3.05) is 0 Å². The van der Waals surface area contributed by atoms with Gasteiger partial charge in [0.15, 0.2) is 0 Å². The van der Waals surface area contributed by atoms with Crippen molar-refractivity contribution in [3.05, 3.63) is 103 Å². The first-order chi connectivity index (χ1) is 12.8. The van der Waals surface area contributed by atoms with Gasteiger partial charge in [0.1, 0.15) is 12.4 Å². The Morgan fingerprint density at radius 2 is 1.35 bits per heavy atom. The number of imidazole rings is 2. The molecule has 5 heteroatoms. The summed E-state index contributed by atoms with van der Waals surface area (Å²) in [6.45, 7) is 2.08. The van der Waals surface area contributed by atoms with Gasteiger partial charge in [0.2, 0.25) is 0 Å². The summed E-state index contributed by atoms with van der Waals surface area (Å²) in [7, 11) is 0. The lowest BCUT2D eigenvalue weighted by Gasteiger charge is -2.12. The van der Waals surface area contributed by atoms with Crippen molar-refractivity contribution >= 4 is 0 Å². The lowest BCUT2D eigenvalue weighted by atomic mass is 10.1. The summed E-state index contributed by atoms with van der Waals surface area (Å²) in [6, 6.07) is 16.6. The van der Waals surface area contributed by atoms with Crippen LogP contribution in [-0.2, 0) is 19.7 Å². The predicted molar refractivity (Wildman–Crippen MR) is 99.9 cm³/mol. The van der Waals surface area contributed by atoms with E-state index >= 15 is 0 Å². The van der Waals surface area contributed by atoms with Crippen LogP contribution in [0.5, 0.6) is 5.75 Å². The molecule has 0 atom stereocenters. The number of ether oxygens (including phenoxy) is 1. The number of hydrogen-bond acceptors (Lipinski definition) is 3. The first kappa shape index (κ1) is 16.1. The van der Waals surface area contributed by atoms with Crippen molar-refractivity contribution in [3.63, 3.8) is 0 Å². The van der Waals surface area contributed by atoms with E-state index in [9.17, 15) is 0 Å². The third-order valence-electron chi connectivity index (χ3n) is 4.12. The average Bonchev–Trinajstić information content (AvgIpc) is 3.35. The van der Waals surface area contributed by atoms with Crippen LogP contribution in [0.3, 0.4) is 0 Å². The van der Waals surface area contributed by atoms with Crippen LogP contribution >= 0.6 is 0 Å². The normalized spacial score (nSPS) is 10.8. The quantitative estimate of drug-likeness (QED) is 0.513. The zero-order chi connectivity index (χ0) is 17.6. The van der Waals surface area contributed by atoms with Gasteiger partial charge in [-0.2, -0.15) is 0 Å².